The molecule has 3 aromatic rings. The number of nitrogens with zero attached hydrogens (tertiary/aromatic N) is 2. The number of anilines is 1. The maximum atomic E-state index is 14.0. The van der Waals surface area contributed by atoms with E-state index in [0.29, 0.717) is 0 Å². The van der Waals surface area contributed by atoms with Gasteiger partial charge in [0.15, 0.2) is 0 Å². The largest absolute Gasteiger partial charge is 0.495 e. The third-order valence-corrected chi connectivity index (χ3v) is 8.99. The predicted octanol–water partition coefficient (Wildman–Crippen LogP) is 5.64. The van der Waals surface area contributed by atoms with Crippen LogP contribution in [0.2, 0.25) is 5.02 Å². The molecule has 3 rings (SSSR count). The Morgan fingerprint density at radius 3 is 2.27 bits per heavy atom. The van der Waals surface area contributed by atoms with Crippen LogP contribution in [0, 0.1) is 0 Å². The van der Waals surface area contributed by atoms with Gasteiger partial charge in [-0.3, -0.25) is 13.9 Å². The minimum atomic E-state index is -4.24. The first-order valence-electron chi connectivity index (χ1n) is 12.7. The van der Waals surface area contributed by atoms with Gasteiger partial charge in [-0.2, -0.15) is 0 Å². The standard InChI is InChI=1S/C29H33BrClN3O5S/c1-5-20(2)32-29(36)21(3)33(18-22-11-13-23(30)14-12-22)28(35)19-34(26-17-24(31)15-16-27(26)39-4)40(37,38)25-9-7-6-8-10-25/h6-17,20-21H,5,18-19H2,1-4H3,(H,32,36)/t20-,21+/m1/s1. The summed E-state index contributed by atoms with van der Waals surface area (Å²) in [5.74, 6) is -0.687. The van der Waals surface area contributed by atoms with Gasteiger partial charge >= 0.3 is 0 Å². The fourth-order valence-corrected chi connectivity index (χ4v) is 5.79. The molecule has 0 aliphatic heterocycles. The van der Waals surface area contributed by atoms with Crippen molar-refractivity contribution in [3.05, 3.63) is 87.9 Å². The lowest BCUT2D eigenvalue weighted by Crippen LogP contribution is -2.52. The van der Waals surface area contributed by atoms with E-state index in [1.165, 1.54) is 36.3 Å². The quantitative estimate of drug-likeness (QED) is 0.274. The van der Waals surface area contributed by atoms with Crippen LogP contribution in [0.25, 0.3) is 0 Å². The molecular formula is C29H33BrClN3O5S. The van der Waals surface area contributed by atoms with E-state index < -0.39 is 28.5 Å². The van der Waals surface area contributed by atoms with Gasteiger partial charge in [0.2, 0.25) is 11.8 Å². The van der Waals surface area contributed by atoms with Gasteiger partial charge in [0, 0.05) is 22.1 Å². The number of ether oxygens (including phenoxy) is 1. The Morgan fingerprint density at radius 2 is 1.68 bits per heavy atom. The number of nitrogens with one attached hydrogen (secondary N) is 1. The number of sulfonamides is 1. The summed E-state index contributed by atoms with van der Waals surface area (Å²) in [6.07, 6.45) is 0.719. The lowest BCUT2D eigenvalue weighted by Gasteiger charge is -2.33. The monoisotopic (exact) mass is 649 g/mol. The zero-order valence-electron chi connectivity index (χ0n) is 22.8. The van der Waals surface area contributed by atoms with Crippen molar-refractivity contribution in [2.24, 2.45) is 0 Å². The van der Waals surface area contributed by atoms with Gasteiger partial charge < -0.3 is 15.0 Å². The van der Waals surface area contributed by atoms with Gasteiger partial charge in [-0.1, -0.05) is 64.8 Å². The first-order chi connectivity index (χ1) is 19.0. The highest BCUT2D eigenvalue weighted by Gasteiger charge is 2.34. The van der Waals surface area contributed by atoms with Crippen molar-refractivity contribution >= 4 is 55.1 Å². The molecule has 0 unspecified atom stereocenters. The molecule has 3 aromatic carbocycles. The van der Waals surface area contributed by atoms with Crippen LogP contribution in [0.15, 0.2) is 82.2 Å². The summed E-state index contributed by atoms with van der Waals surface area (Å²) < 4.78 is 35.1. The molecule has 2 atom stereocenters. The normalized spacial score (nSPS) is 12.8. The Hall–Kier alpha value is -3.08. The molecule has 0 saturated carbocycles. The van der Waals surface area contributed by atoms with E-state index in [0.717, 1.165) is 20.8 Å². The zero-order chi connectivity index (χ0) is 29.4. The average Bonchev–Trinajstić information content (AvgIpc) is 2.95. The van der Waals surface area contributed by atoms with E-state index in [4.69, 9.17) is 16.3 Å². The summed E-state index contributed by atoms with van der Waals surface area (Å²) in [7, 11) is -2.83. The average molecular weight is 651 g/mol. The Balaban J connectivity index is 2.08. The minimum absolute atomic E-state index is 0.00755. The molecule has 0 aliphatic rings. The topological polar surface area (TPSA) is 96.0 Å². The molecule has 0 heterocycles. The van der Waals surface area contributed by atoms with Gasteiger partial charge in [0.05, 0.1) is 17.7 Å². The van der Waals surface area contributed by atoms with Crippen molar-refractivity contribution in [3.8, 4) is 5.75 Å². The van der Waals surface area contributed by atoms with Crippen molar-refractivity contribution in [3.63, 3.8) is 0 Å². The van der Waals surface area contributed by atoms with Crippen molar-refractivity contribution in [1.82, 2.24) is 10.2 Å². The minimum Gasteiger partial charge on any atom is -0.495 e. The summed E-state index contributed by atoms with van der Waals surface area (Å²) in [5.41, 5.74) is 0.880. The summed E-state index contributed by atoms with van der Waals surface area (Å²) in [5, 5.41) is 3.18. The molecule has 0 bridgehead atoms. The summed E-state index contributed by atoms with van der Waals surface area (Å²) in [6, 6.07) is 18.7. The summed E-state index contributed by atoms with van der Waals surface area (Å²) in [6.45, 7) is 4.96. The van der Waals surface area contributed by atoms with Crippen LogP contribution >= 0.6 is 27.5 Å². The van der Waals surface area contributed by atoms with Gasteiger partial charge in [0.1, 0.15) is 18.3 Å². The second-order valence-electron chi connectivity index (χ2n) is 9.28. The molecule has 0 radical (unpaired) electrons. The fourth-order valence-electron chi connectivity index (χ4n) is 3.93. The van der Waals surface area contributed by atoms with Crippen LogP contribution < -0.4 is 14.4 Å². The van der Waals surface area contributed by atoms with E-state index in [9.17, 15) is 18.0 Å². The number of hydrogen-bond donors (Lipinski definition) is 1. The highest BCUT2D eigenvalue weighted by Crippen LogP contribution is 2.35. The molecule has 0 aliphatic carbocycles. The Labute approximate surface area is 249 Å². The van der Waals surface area contributed by atoms with Crippen LogP contribution in [-0.4, -0.2) is 50.9 Å². The maximum absolute atomic E-state index is 14.0. The second-order valence-corrected chi connectivity index (χ2v) is 12.5. The van der Waals surface area contributed by atoms with E-state index in [-0.39, 0.29) is 39.8 Å². The Kier molecular flexibility index (Phi) is 11.0. The third kappa shape index (κ3) is 7.77. The number of methoxy groups -OCH3 is 1. The third-order valence-electron chi connectivity index (χ3n) is 6.45. The van der Waals surface area contributed by atoms with E-state index in [2.05, 4.69) is 21.2 Å². The molecule has 1 N–H and O–H groups in total. The molecule has 2 amide bonds. The first kappa shape index (κ1) is 31.4. The number of hydrogen-bond acceptors (Lipinski definition) is 5. The van der Waals surface area contributed by atoms with Crippen LogP contribution in [0.4, 0.5) is 5.69 Å². The Morgan fingerprint density at radius 1 is 1.02 bits per heavy atom. The summed E-state index contributed by atoms with van der Waals surface area (Å²) >= 11 is 9.67. The highest BCUT2D eigenvalue weighted by atomic mass is 79.9. The summed E-state index contributed by atoms with van der Waals surface area (Å²) in [4.78, 5) is 28.5. The van der Waals surface area contributed by atoms with Crippen LogP contribution in [-0.2, 0) is 26.2 Å². The molecule has 40 heavy (non-hydrogen) atoms. The molecule has 8 nitrogen and oxygen atoms in total. The number of benzene rings is 3. The number of halogens is 2. The first-order valence-corrected chi connectivity index (χ1v) is 15.3. The molecule has 11 heteroatoms. The van der Waals surface area contributed by atoms with Crippen molar-refractivity contribution in [1.29, 1.82) is 0 Å². The Bertz CT molecular complexity index is 1420. The zero-order valence-corrected chi connectivity index (χ0v) is 26.0. The molecule has 214 valence electrons. The SMILES string of the molecule is CC[C@@H](C)NC(=O)[C@H](C)N(Cc1ccc(Br)cc1)C(=O)CN(c1cc(Cl)ccc1OC)S(=O)(=O)c1ccccc1. The van der Waals surface area contributed by atoms with Crippen LogP contribution in [0.3, 0.4) is 0 Å². The molecule has 0 fully saturated rings. The number of rotatable bonds is 12. The van der Waals surface area contributed by atoms with Gasteiger partial charge in [-0.25, -0.2) is 8.42 Å². The highest BCUT2D eigenvalue weighted by molar-refractivity contribution is 9.10. The number of carbonyl (C=O) groups excluding carboxylic acids is 2. The van der Waals surface area contributed by atoms with Crippen molar-refractivity contribution in [2.45, 2.75) is 50.7 Å². The number of amides is 2. The van der Waals surface area contributed by atoms with Crippen LogP contribution in [0.1, 0.15) is 32.8 Å². The smallest absolute Gasteiger partial charge is 0.264 e. The van der Waals surface area contributed by atoms with Gasteiger partial charge in [-0.15, -0.1) is 0 Å². The fraction of sp³-hybridized carbons (Fsp3) is 0.310. The lowest BCUT2D eigenvalue weighted by molar-refractivity contribution is -0.139. The number of carbonyl (C=O) groups is 2. The van der Waals surface area contributed by atoms with Gasteiger partial charge in [0.25, 0.3) is 10.0 Å². The van der Waals surface area contributed by atoms with Crippen molar-refractivity contribution in [2.75, 3.05) is 18.0 Å². The molecular weight excluding hydrogens is 618 g/mol. The maximum Gasteiger partial charge on any atom is 0.264 e. The van der Waals surface area contributed by atoms with Crippen LogP contribution in [0.5, 0.6) is 5.75 Å². The van der Waals surface area contributed by atoms with E-state index >= 15 is 0 Å². The second kappa shape index (κ2) is 14.0. The molecule has 0 aromatic heterocycles. The lowest BCUT2D eigenvalue weighted by atomic mass is 10.1. The van der Waals surface area contributed by atoms with E-state index in [1.54, 1.807) is 31.2 Å². The van der Waals surface area contributed by atoms with Crippen molar-refractivity contribution < 1.29 is 22.7 Å². The molecule has 0 saturated heterocycles. The predicted molar refractivity (Wildman–Crippen MR) is 161 cm³/mol. The molecule has 0 spiro atoms. The van der Waals surface area contributed by atoms with E-state index in [1.807, 2.05) is 38.1 Å². The van der Waals surface area contributed by atoms with Gasteiger partial charge in [-0.05, 0) is 68.3 Å².